The fourth-order valence-electron chi connectivity index (χ4n) is 3.56. The largest absolute Gasteiger partial charge is 0.467 e. The summed E-state index contributed by atoms with van der Waals surface area (Å²) in [7, 11) is 1.63. The predicted molar refractivity (Wildman–Crippen MR) is 123 cm³/mol. The Morgan fingerprint density at radius 2 is 1.61 bits per heavy atom. The molecule has 0 aliphatic heterocycles. The van der Waals surface area contributed by atoms with Crippen molar-refractivity contribution in [3.8, 4) is 5.75 Å². The number of hydrogen-bond donors (Lipinski definition) is 0. The van der Waals surface area contributed by atoms with Gasteiger partial charge in [0.15, 0.2) is 6.79 Å². The monoisotopic (exact) mass is 418 g/mol. The summed E-state index contributed by atoms with van der Waals surface area (Å²) in [5.41, 5.74) is 6.63. The molecular formula is C27H30O4. The summed E-state index contributed by atoms with van der Waals surface area (Å²) < 4.78 is 16.2. The Bertz CT molecular complexity index is 978. The summed E-state index contributed by atoms with van der Waals surface area (Å²) in [4.78, 5) is 12.0. The zero-order chi connectivity index (χ0) is 22.1. The number of carbonyl (C=O) groups is 1. The topological polar surface area (TPSA) is 44.8 Å². The SMILES string of the molecule is COCOc1cc(C)cc(C)c1Cc1ccc(CCCOC(=O)c2ccccc2)cc1. The standard InChI is InChI=1S/C27H30O4/c1-20-16-21(2)25(26(17-20)31-19-29-3)18-23-13-11-22(12-14-23)8-7-15-30-27(28)24-9-5-4-6-10-24/h4-6,9-14,16-17H,7-8,15,18-19H2,1-3H3. The van der Waals surface area contributed by atoms with Crippen LogP contribution in [0.2, 0.25) is 0 Å². The van der Waals surface area contributed by atoms with E-state index < -0.39 is 0 Å². The second-order valence-electron chi connectivity index (χ2n) is 7.71. The maximum absolute atomic E-state index is 12.0. The summed E-state index contributed by atoms with van der Waals surface area (Å²) in [6.07, 6.45) is 2.47. The zero-order valence-corrected chi connectivity index (χ0v) is 18.5. The number of esters is 1. The summed E-state index contributed by atoms with van der Waals surface area (Å²) in [5, 5.41) is 0. The van der Waals surface area contributed by atoms with Crippen LogP contribution in [0.4, 0.5) is 0 Å². The normalized spacial score (nSPS) is 10.7. The average molecular weight is 419 g/mol. The fourth-order valence-corrected chi connectivity index (χ4v) is 3.56. The molecule has 0 fully saturated rings. The van der Waals surface area contributed by atoms with Crippen LogP contribution < -0.4 is 4.74 Å². The highest BCUT2D eigenvalue weighted by Crippen LogP contribution is 2.27. The van der Waals surface area contributed by atoms with Gasteiger partial charge in [0.1, 0.15) is 5.75 Å². The molecule has 31 heavy (non-hydrogen) atoms. The number of carbonyl (C=O) groups excluding carboxylic acids is 1. The van der Waals surface area contributed by atoms with E-state index in [0.717, 1.165) is 25.0 Å². The van der Waals surface area contributed by atoms with Gasteiger partial charge in [0.25, 0.3) is 0 Å². The Morgan fingerprint density at radius 1 is 0.903 bits per heavy atom. The Kier molecular flexibility index (Phi) is 8.25. The van der Waals surface area contributed by atoms with Crippen LogP contribution in [0.3, 0.4) is 0 Å². The van der Waals surface area contributed by atoms with E-state index in [-0.39, 0.29) is 12.8 Å². The molecule has 0 N–H and O–H groups in total. The smallest absolute Gasteiger partial charge is 0.338 e. The second kappa shape index (κ2) is 11.3. The van der Waals surface area contributed by atoms with Crippen LogP contribution in [0, 0.1) is 13.8 Å². The molecule has 3 rings (SSSR count). The first-order valence-corrected chi connectivity index (χ1v) is 10.6. The maximum atomic E-state index is 12.0. The molecule has 0 saturated carbocycles. The van der Waals surface area contributed by atoms with E-state index in [0.29, 0.717) is 12.2 Å². The Hall–Kier alpha value is -3.11. The van der Waals surface area contributed by atoms with E-state index in [1.54, 1.807) is 19.2 Å². The minimum atomic E-state index is -0.268. The van der Waals surface area contributed by atoms with Gasteiger partial charge < -0.3 is 14.2 Å². The van der Waals surface area contributed by atoms with Crippen molar-refractivity contribution in [1.29, 1.82) is 0 Å². The molecule has 4 nitrogen and oxygen atoms in total. The van der Waals surface area contributed by atoms with E-state index in [4.69, 9.17) is 14.2 Å². The van der Waals surface area contributed by atoms with E-state index in [2.05, 4.69) is 50.2 Å². The van der Waals surface area contributed by atoms with Gasteiger partial charge in [-0.15, -0.1) is 0 Å². The van der Waals surface area contributed by atoms with Gasteiger partial charge in [-0.2, -0.15) is 0 Å². The lowest BCUT2D eigenvalue weighted by molar-refractivity contribution is 0.0498. The molecule has 0 saturated heterocycles. The number of hydrogen-bond acceptors (Lipinski definition) is 4. The third-order valence-electron chi connectivity index (χ3n) is 5.16. The highest BCUT2D eigenvalue weighted by atomic mass is 16.7. The van der Waals surface area contributed by atoms with Crippen molar-refractivity contribution in [2.24, 2.45) is 0 Å². The minimum absolute atomic E-state index is 0.240. The number of methoxy groups -OCH3 is 1. The highest BCUT2D eigenvalue weighted by molar-refractivity contribution is 5.89. The fraction of sp³-hybridized carbons (Fsp3) is 0.296. The Labute approximate surface area is 184 Å². The molecule has 4 heteroatoms. The number of aryl methyl sites for hydroxylation is 3. The van der Waals surface area contributed by atoms with Gasteiger partial charge >= 0.3 is 5.97 Å². The van der Waals surface area contributed by atoms with Crippen LogP contribution in [0.25, 0.3) is 0 Å². The van der Waals surface area contributed by atoms with Crippen molar-refractivity contribution in [1.82, 2.24) is 0 Å². The third-order valence-corrected chi connectivity index (χ3v) is 5.16. The van der Waals surface area contributed by atoms with Gasteiger partial charge in [0.05, 0.1) is 12.2 Å². The average Bonchev–Trinajstić information content (AvgIpc) is 2.78. The molecule has 0 aliphatic carbocycles. The molecule has 0 heterocycles. The molecule has 3 aromatic rings. The van der Waals surface area contributed by atoms with Crippen LogP contribution in [0.1, 0.15) is 44.6 Å². The third kappa shape index (κ3) is 6.69. The first-order valence-electron chi connectivity index (χ1n) is 10.6. The number of ether oxygens (including phenoxy) is 3. The quantitative estimate of drug-likeness (QED) is 0.242. The summed E-state index contributed by atoms with van der Waals surface area (Å²) >= 11 is 0. The van der Waals surface area contributed by atoms with Gasteiger partial charge in [-0.1, -0.05) is 48.5 Å². The molecule has 0 amide bonds. The maximum Gasteiger partial charge on any atom is 0.338 e. The van der Waals surface area contributed by atoms with Crippen molar-refractivity contribution >= 4 is 5.97 Å². The first-order chi connectivity index (χ1) is 15.1. The van der Waals surface area contributed by atoms with Crippen molar-refractivity contribution < 1.29 is 19.0 Å². The Balaban J connectivity index is 1.53. The molecule has 3 aromatic carbocycles. The molecular weight excluding hydrogens is 388 g/mol. The van der Waals surface area contributed by atoms with Crippen LogP contribution in [-0.2, 0) is 22.3 Å². The van der Waals surface area contributed by atoms with E-state index >= 15 is 0 Å². The van der Waals surface area contributed by atoms with E-state index in [1.807, 2.05) is 18.2 Å². The molecule has 0 spiro atoms. The highest BCUT2D eigenvalue weighted by Gasteiger charge is 2.10. The van der Waals surface area contributed by atoms with Crippen molar-refractivity contribution in [2.45, 2.75) is 33.1 Å². The summed E-state index contributed by atoms with van der Waals surface area (Å²) in [6, 6.07) is 21.9. The van der Waals surface area contributed by atoms with Gasteiger partial charge in [-0.3, -0.25) is 0 Å². The van der Waals surface area contributed by atoms with Crippen LogP contribution in [0.5, 0.6) is 5.75 Å². The minimum Gasteiger partial charge on any atom is -0.467 e. The van der Waals surface area contributed by atoms with Gasteiger partial charge in [-0.25, -0.2) is 4.79 Å². The van der Waals surface area contributed by atoms with E-state index in [1.165, 1.54) is 27.8 Å². The summed E-state index contributed by atoms with van der Waals surface area (Å²) in [6.45, 7) is 4.84. The van der Waals surface area contributed by atoms with Crippen LogP contribution in [0.15, 0.2) is 66.7 Å². The van der Waals surface area contributed by atoms with E-state index in [9.17, 15) is 4.79 Å². The van der Waals surface area contributed by atoms with Gasteiger partial charge in [0.2, 0.25) is 0 Å². The zero-order valence-electron chi connectivity index (χ0n) is 18.5. The lowest BCUT2D eigenvalue weighted by Gasteiger charge is -2.15. The number of benzene rings is 3. The van der Waals surface area contributed by atoms with Crippen molar-refractivity contribution in [2.75, 3.05) is 20.5 Å². The van der Waals surface area contributed by atoms with Gasteiger partial charge in [-0.05, 0) is 67.1 Å². The Morgan fingerprint density at radius 3 is 2.32 bits per heavy atom. The van der Waals surface area contributed by atoms with Gasteiger partial charge in [0, 0.05) is 19.1 Å². The van der Waals surface area contributed by atoms with Crippen LogP contribution in [-0.4, -0.2) is 26.5 Å². The molecule has 0 atom stereocenters. The molecule has 0 radical (unpaired) electrons. The number of rotatable bonds is 10. The van der Waals surface area contributed by atoms with Crippen LogP contribution >= 0.6 is 0 Å². The summed E-state index contributed by atoms with van der Waals surface area (Å²) in [5.74, 6) is 0.611. The van der Waals surface area contributed by atoms with Crippen molar-refractivity contribution in [3.05, 3.63) is 100 Å². The lowest BCUT2D eigenvalue weighted by Crippen LogP contribution is -2.07. The second-order valence-corrected chi connectivity index (χ2v) is 7.71. The molecule has 0 aromatic heterocycles. The molecule has 162 valence electrons. The predicted octanol–water partition coefficient (Wildman–Crippen LogP) is 5.67. The molecule has 0 unspecified atom stereocenters. The molecule has 0 bridgehead atoms. The first kappa shape index (κ1) is 22.6. The van der Waals surface area contributed by atoms with Crippen molar-refractivity contribution in [3.63, 3.8) is 0 Å². The lowest BCUT2D eigenvalue weighted by atomic mass is 9.96. The molecule has 0 aliphatic rings.